The molecule has 2 heterocycles. The fraction of sp³-hybridized carbons (Fsp3) is 0.611. The van der Waals surface area contributed by atoms with Gasteiger partial charge < -0.3 is 30.0 Å². The van der Waals surface area contributed by atoms with E-state index in [2.05, 4.69) is 33.2 Å². The molecule has 0 aliphatic carbocycles. The minimum Gasteiger partial charge on any atom is -0.389 e. The van der Waals surface area contributed by atoms with Gasteiger partial charge in [0.15, 0.2) is 0 Å². The summed E-state index contributed by atoms with van der Waals surface area (Å²) in [6.45, 7) is 5.18. The van der Waals surface area contributed by atoms with Crippen LogP contribution in [0.15, 0.2) is 23.0 Å². The SMILES string of the molecule is COCC(O)CN1CCC(NC(C)c2ccc3[nH]c(=O)[nH]c3c2)CC1. The second kappa shape index (κ2) is 8.14. The maximum Gasteiger partial charge on any atom is 0.323 e. The lowest BCUT2D eigenvalue weighted by molar-refractivity contribution is 0.0308. The molecule has 1 aliphatic rings. The average Bonchev–Trinajstić information content (AvgIpc) is 2.96. The van der Waals surface area contributed by atoms with Crippen LogP contribution in [0.5, 0.6) is 0 Å². The number of aromatic nitrogens is 2. The number of aliphatic hydroxyl groups excluding tert-OH is 1. The number of ether oxygens (including phenoxy) is 1. The van der Waals surface area contributed by atoms with Gasteiger partial charge in [-0.2, -0.15) is 0 Å². The number of rotatable bonds is 7. The topological polar surface area (TPSA) is 93.4 Å². The zero-order chi connectivity index (χ0) is 17.8. The number of likely N-dealkylation sites (tertiary alicyclic amines) is 1. The Bertz CT molecular complexity index is 733. The molecule has 0 radical (unpaired) electrons. The third kappa shape index (κ3) is 4.70. The van der Waals surface area contributed by atoms with Gasteiger partial charge in [-0.1, -0.05) is 6.07 Å². The first-order valence-corrected chi connectivity index (χ1v) is 8.92. The summed E-state index contributed by atoms with van der Waals surface area (Å²) in [5.41, 5.74) is 2.68. The Kier molecular flexibility index (Phi) is 5.90. The number of H-pyrrole nitrogens is 2. The molecule has 1 aromatic heterocycles. The van der Waals surface area contributed by atoms with Crippen LogP contribution >= 0.6 is 0 Å². The molecule has 0 amide bonds. The van der Waals surface area contributed by atoms with Crippen molar-refractivity contribution in [3.8, 4) is 0 Å². The van der Waals surface area contributed by atoms with Crippen LogP contribution in [0, 0.1) is 0 Å². The summed E-state index contributed by atoms with van der Waals surface area (Å²) in [5, 5.41) is 13.5. The number of methoxy groups -OCH3 is 1. The lowest BCUT2D eigenvalue weighted by Crippen LogP contribution is -2.46. The summed E-state index contributed by atoms with van der Waals surface area (Å²) in [5.74, 6) is 0. The number of hydrogen-bond donors (Lipinski definition) is 4. The van der Waals surface area contributed by atoms with Crippen LogP contribution in [0.25, 0.3) is 11.0 Å². The highest BCUT2D eigenvalue weighted by molar-refractivity contribution is 5.75. The molecule has 4 N–H and O–H groups in total. The van der Waals surface area contributed by atoms with Crippen LogP contribution in [0.2, 0.25) is 0 Å². The third-order valence-corrected chi connectivity index (χ3v) is 4.94. The summed E-state index contributed by atoms with van der Waals surface area (Å²) in [4.78, 5) is 19.3. The molecule has 2 aromatic rings. The van der Waals surface area contributed by atoms with E-state index in [0.717, 1.165) is 37.0 Å². The van der Waals surface area contributed by atoms with Crippen molar-refractivity contribution < 1.29 is 9.84 Å². The molecular formula is C18H28N4O3. The molecule has 2 atom stereocenters. The number of benzene rings is 1. The van der Waals surface area contributed by atoms with Gasteiger partial charge in [-0.15, -0.1) is 0 Å². The largest absolute Gasteiger partial charge is 0.389 e. The zero-order valence-electron chi connectivity index (χ0n) is 14.9. The van der Waals surface area contributed by atoms with Crippen molar-refractivity contribution in [1.29, 1.82) is 0 Å². The van der Waals surface area contributed by atoms with Gasteiger partial charge in [0, 0.05) is 25.7 Å². The van der Waals surface area contributed by atoms with Crippen molar-refractivity contribution >= 4 is 11.0 Å². The van der Waals surface area contributed by atoms with Gasteiger partial charge in [0.2, 0.25) is 0 Å². The van der Waals surface area contributed by atoms with Crippen LogP contribution < -0.4 is 11.0 Å². The van der Waals surface area contributed by atoms with Gasteiger partial charge in [-0.3, -0.25) is 0 Å². The van der Waals surface area contributed by atoms with Gasteiger partial charge in [0.25, 0.3) is 0 Å². The Labute approximate surface area is 147 Å². The van der Waals surface area contributed by atoms with Crippen molar-refractivity contribution in [2.75, 3.05) is 33.4 Å². The normalized spacial score (nSPS) is 19.3. The van der Waals surface area contributed by atoms with Crippen LogP contribution in [0.3, 0.4) is 0 Å². The highest BCUT2D eigenvalue weighted by atomic mass is 16.5. The number of fused-ring (bicyclic) bond motifs is 1. The zero-order valence-corrected chi connectivity index (χ0v) is 14.9. The quantitative estimate of drug-likeness (QED) is 0.598. The van der Waals surface area contributed by atoms with E-state index in [9.17, 15) is 9.90 Å². The van der Waals surface area contributed by atoms with E-state index in [1.807, 2.05) is 12.1 Å². The molecule has 0 bridgehead atoms. The Morgan fingerprint density at radius 3 is 2.76 bits per heavy atom. The Hall–Kier alpha value is -1.67. The van der Waals surface area contributed by atoms with Crippen molar-refractivity contribution in [3.63, 3.8) is 0 Å². The molecule has 2 unspecified atom stereocenters. The maximum atomic E-state index is 11.4. The van der Waals surface area contributed by atoms with Crippen molar-refractivity contribution in [3.05, 3.63) is 34.2 Å². The van der Waals surface area contributed by atoms with E-state index in [4.69, 9.17) is 4.74 Å². The Balaban J connectivity index is 1.51. The molecule has 1 aromatic carbocycles. The van der Waals surface area contributed by atoms with Crippen molar-refractivity contribution in [2.24, 2.45) is 0 Å². The van der Waals surface area contributed by atoms with Gasteiger partial charge in [0.1, 0.15) is 0 Å². The second-order valence-corrected chi connectivity index (χ2v) is 6.96. The molecule has 0 saturated carbocycles. The minimum absolute atomic E-state index is 0.171. The number of aromatic amines is 2. The van der Waals surface area contributed by atoms with E-state index < -0.39 is 6.10 Å². The first kappa shape index (κ1) is 18.1. The van der Waals surface area contributed by atoms with E-state index in [1.165, 1.54) is 5.56 Å². The summed E-state index contributed by atoms with van der Waals surface area (Å²) in [7, 11) is 1.61. The molecule has 1 saturated heterocycles. The number of nitrogens with one attached hydrogen (secondary N) is 3. The number of aliphatic hydroxyl groups is 1. The Morgan fingerprint density at radius 1 is 1.32 bits per heavy atom. The first-order valence-electron chi connectivity index (χ1n) is 8.92. The monoisotopic (exact) mass is 348 g/mol. The third-order valence-electron chi connectivity index (χ3n) is 4.94. The molecule has 1 fully saturated rings. The van der Waals surface area contributed by atoms with E-state index in [-0.39, 0.29) is 11.7 Å². The summed E-state index contributed by atoms with van der Waals surface area (Å²) < 4.78 is 4.99. The molecule has 138 valence electrons. The minimum atomic E-state index is -0.413. The maximum absolute atomic E-state index is 11.4. The molecule has 1 aliphatic heterocycles. The Morgan fingerprint density at radius 2 is 2.04 bits per heavy atom. The van der Waals surface area contributed by atoms with E-state index in [1.54, 1.807) is 7.11 Å². The number of piperidine rings is 1. The molecule has 3 rings (SSSR count). The van der Waals surface area contributed by atoms with Crippen molar-refractivity contribution in [2.45, 2.75) is 38.0 Å². The van der Waals surface area contributed by atoms with Crippen molar-refractivity contribution in [1.82, 2.24) is 20.2 Å². The highest BCUT2D eigenvalue weighted by Crippen LogP contribution is 2.20. The fourth-order valence-corrected chi connectivity index (χ4v) is 3.59. The average molecular weight is 348 g/mol. The highest BCUT2D eigenvalue weighted by Gasteiger charge is 2.22. The van der Waals surface area contributed by atoms with Gasteiger partial charge in [0.05, 0.1) is 23.7 Å². The number of hydrogen-bond acceptors (Lipinski definition) is 5. The predicted octanol–water partition coefficient (Wildman–Crippen LogP) is 0.978. The van der Waals surface area contributed by atoms with E-state index >= 15 is 0 Å². The van der Waals surface area contributed by atoms with Crippen LogP contribution in [0.1, 0.15) is 31.4 Å². The molecule has 7 heteroatoms. The lowest BCUT2D eigenvalue weighted by Gasteiger charge is -2.34. The summed E-state index contributed by atoms with van der Waals surface area (Å²) in [6, 6.07) is 6.71. The lowest BCUT2D eigenvalue weighted by atomic mass is 10.0. The van der Waals surface area contributed by atoms with Gasteiger partial charge in [-0.25, -0.2) is 4.79 Å². The molecule has 7 nitrogen and oxygen atoms in total. The first-order chi connectivity index (χ1) is 12.0. The standard InChI is InChI=1S/C18H28N4O3/c1-12(13-3-4-16-17(9-13)21-18(24)20-16)19-14-5-7-22(8-6-14)10-15(23)11-25-2/h3-4,9,12,14-15,19,23H,5-8,10-11H2,1-2H3,(H2,20,21,24). The molecule has 0 spiro atoms. The number of β-amino-alcohol motifs (C(OH)–C–C–N with tert-alkyl or cyclic N) is 1. The number of nitrogens with zero attached hydrogens (tertiary/aromatic N) is 1. The predicted molar refractivity (Wildman–Crippen MR) is 97.8 cm³/mol. The van der Waals surface area contributed by atoms with Crippen LogP contribution in [-0.2, 0) is 4.74 Å². The van der Waals surface area contributed by atoms with E-state index in [0.29, 0.717) is 19.2 Å². The molecular weight excluding hydrogens is 320 g/mol. The van der Waals surface area contributed by atoms with Gasteiger partial charge >= 0.3 is 5.69 Å². The summed E-state index contributed by atoms with van der Waals surface area (Å²) in [6.07, 6.45) is 1.71. The van der Waals surface area contributed by atoms with Crippen LogP contribution in [0.4, 0.5) is 0 Å². The smallest absolute Gasteiger partial charge is 0.323 e. The van der Waals surface area contributed by atoms with Gasteiger partial charge in [-0.05, 0) is 50.6 Å². The second-order valence-electron chi connectivity index (χ2n) is 6.96. The summed E-state index contributed by atoms with van der Waals surface area (Å²) >= 11 is 0. The number of imidazole rings is 1. The molecule has 25 heavy (non-hydrogen) atoms. The van der Waals surface area contributed by atoms with Crippen LogP contribution in [-0.4, -0.2) is 65.5 Å². The fourth-order valence-electron chi connectivity index (χ4n) is 3.59.